The Morgan fingerprint density at radius 1 is 1.15 bits per heavy atom. The first kappa shape index (κ1) is 29.1. The molecule has 0 saturated carbocycles. The van der Waals surface area contributed by atoms with Crippen LogP contribution in [0, 0.1) is 22.6 Å². The van der Waals surface area contributed by atoms with Gasteiger partial charge in [-0.05, 0) is 32.7 Å². The molecule has 0 aliphatic carbocycles. The number of fused-ring (bicyclic) bond motifs is 4. The zero-order valence-electron chi connectivity index (χ0n) is 22.8. The van der Waals surface area contributed by atoms with Gasteiger partial charge in [0.2, 0.25) is 11.8 Å². The van der Waals surface area contributed by atoms with E-state index in [1.165, 1.54) is 6.20 Å². The van der Waals surface area contributed by atoms with Gasteiger partial charge >= 0.3 is 0 Å². The van der Waals surface area contributed by atoms with E-state index in [4.69, 9.17) is 17.3 Å². The molecule has 5 fully saturated rings. The number of amides is 2. The number of halogens is 2. The number of rotatable bonds is 7. The first-order valence-corrected chi connectivity index (χ1v) is 14.6. The number of piperidine rings is 2. The number of hydrogen-bond donors (Lipinski definition) is 3. The number of pyridine rings is 1. The molecule has 4 N–H and O–H groups in total. The topological polar surface area (TPSA) is 140 Å². The number of carbonyl (C=O) groups is 2. The van der Waals surface area contributed by atoms with Gasteiger partial charge in [0.25, 0.3) is 0 Å². The molecule has 0 aromatic carbocycles. The fourth-order valence-corrected chi connectivity index (χ4v) is 6.97. The molecule has 40 heavy (non-hydrogen) atoms. The lowest BCUT2D eigenvalue weighted by atomic mass is 9.93. The Morgan fingerprint density at radius 2 is 1.88 bits per heavy atom. The zero-order chi connectivity index (χ0) is 28.4. The zero-order valence-corrected chi connectivity index (χ0v) is 23.6. The molecule has 5 aliphatic rings. The summed E-state index contributed by atoms with van der Waals surface area (Å²) < 4.78 is 15.2. The molecule has 4 atom stereocenters. The van der Waals surface area contributed by atoms with Gasteiger partial charge in [-0.25, -0.2) is 4.39 Å². The van der Waals surface area contributed by atoms with Crippen molar-refractivity contribution in [3.05, 3.63) is 23.1 Å². The van der Waals surface area contributed by atoms with Gasteiger partial charge in [0.05, 0.1) is 29.6 Å². The average Bonchev–Trinajstić information content (AvgIpc) is 3.28. The minimum absolute atomic E-state index is 0.106. The highest BCUT2D eigenvalue weighted by Gasteiger charge is 2.41. The van der Waals surface area contributed by atoms with Crippen molar-refractivity contribution in [2.45, 2.75) is 49.4 Å². The van der Waals surface area contributed by atoms with Crippen molar-refractivity contribution in [3.8, 4) is 0 Å². The molecule has 2 bridgehead atoms. The maximum atomic E-state index is 15.2. The van der Waals surface area contributed by atoms with E-state index in [2.05, 4.69) is 30.6 Å². The highest BCUT2D eigenvalue weighted by molar-refractivity contribution is 6.21. The van der Waals surface area contributed by atoms with Crippen molar-refractivity contribution >= 4 is 34.8 Å². The predicted octanol–water partition coefficient (Wildman–Crippen LogP) is 0.818. The first-order chi connectivity index (χ1) is 19.3. The lowest BCUT2D eigenvalue weighted by molar-refractivity contribution is -0.138. The molecule has 6 rings (SSSR count). The number of nitroso groups, excluding NO2 is 1. The molecule has 5 saturated heterocycles. The second-order valence-electron chi connectivity index (χ2n) is 11.4. The number of anilines is 2. The van der Waals surface area contributed by atoms with Gasteiger partial charge in [0, 0.05) is 64.3 Å². The Bertz CT molecular complexity index is 1080. The van der Waals surface area contributed by atoms with Crippen LogP contribution in [0.2, 0.25) is 0 Å². The monoisotopic (exact) mass is 579 g/mol. The third-order valence-corrected chi connectivity index (χ3v) is 9.16. The van der Waals surface area contributed by atoms with Crippen molar-refractivity contribution in [2.24, 2.45) is 22.7 Å². The lowest BCUT2D eigenvalue weighted by Crippen LogP contribution is -2.62. The molecule has 1 aromatic rings. The van der Waals surface area contributed by atoms with Crippen LogP contribution in [0.25, 0.3) is 0 Å². The molecule has 4 unspecified atom stereocenters. The van der Waals surface area contributed by atoms with Crippen LogP contribution in [0.15, 0.2) is 17.6 Å². The quantitative estimate of drug-likeness (QED) is 0.316. The molecular formula is C26H39ClFN9O3. The summed E-state index contributed by atoms with van der Waals surface area (Å²) in [5.41, 5.74) is 6.37. The minimum Gasteiger partial charge on any atom is -0.367 e. The van der Waals surface area contributed by atoms with Crippen LogP contribution in [-0.2, 0) is 9.59 Å². The van der Waals surface area contributed by atoms with Crippen LogP contribution in [-0.4, -0.2) is 115 Å². The van der Waals surface area contributed by atoms with E-state index >= 15 is 4.39 Å². The van der Waals surface area contributed by atoms with Gasteiger partial charge in [-0.15, -0.1) is 16.5 Å². The summed E-state index contributed by atoms with van der Waals surface area (Å²) in [6.45, 7) is 5.66. The van der Waals surface area contributed by atoms with E-state index in [9.17, 15) is 14.5 Å². The van der Waals surface area contributed by atoms with Gasteiger partial charge in [-0.1, -0.05) is 5.18 Å². The summed E-state index contributed by atoms with van der Waals surface area (Å²) in [7, 11) is 1.78. The molecule has 12 nitrogen and oxygen atoms in total. The van der Waals surface area contributed by atoms with E-state index in [1.54, 1.807) is 7.05 Å². The Hall–Kier alpha value is -2.45. The van der Waals surface area contributed by atoms with E-state index in [0.717, 1.165) is 45.2 Å². The Kier molecular flexibility index (Phi) is 9.15. The van der Waals surface area contributed by atoms with Crippen LogP contribution >= 0.6 is 11.6 Å². The predicted molar refractivity (Wildman–Crippen MR) is 150 cm³/mol. The van der Waals surface area contributed by atoms with Gasteiger partial charge in [-0.3, -0.25) is 24.8 Å². The van der Waals surface area contributed by atoms with Crippen LogP contribution < -0.4 is 21.3 Å². The van der Waals surface area contributed by atoms with Gasteiger partial charge in [0.1, 0.15) is 11.6 Å². The number of alkyl halides is 1. The Balaban J connectivity index is 1.27. The van der Waals surface area contributed by atoms with E-state index in [-0.39, 0.29) is 28.6 Å². The van der Waals surface area contributed by atoms with Gasteiger partial charge in [-0.2, -0.15) is 0 Å². The summed E-state index contributed by atoms with van der Waals surface area (Å²) in [6.07, 6.45) is 3.83. The van der Waals surface area contributed by atoms with Crippen molar-refractivity contribution in [2.75, 3.05) is 69.6 Å². The average molecular weight is 580 g/mol. The molecular weight excluding hydrogens is 541 g/mol. The number of nitrogens with one attached hydrogen (secondary N) is 2. The van der Waals surface area contributed by atoms with Gasteiger partial charge in [0.15, 0.2) is 12.0 Å². The lowest BCUT2D eigenvalue weighted by Gasteiger charge is -2.40. The van der Waals surface area contributed by atoms with Crippen molar-refractivity contribution in [3.63, 3.8) is 0 Å². The fraction of sp³-hybridized carbons (Fsp3) is 0.731. The summed E-state index contributed by atoms with van der Waals surface area (Å²) >= 11 is 6.22. The van der Waals surface area contributed by atoms with Crippen LogP contribution in [0.4, 0.5) is 15.8 Å². The van der Waals surface area contributed by atoms with Crippen LogP contribution in [0.5, 0.6) is 0 Å². The Morgan fingerprint density at radius 3 is 2.55 bits per heavy atom. The van der Waals surface area contributed by atoms with Crippen molar-refractivity contribution in [1.82, 2.24) is 25.0 Å². The highest BCUT2D eigenvalue weighted by atomic mass is 35.5. The smallest absolute Gasteiger partial charge is 0.234 e. The molecule has 220 valence electrons. The standard InChI is InChI=1S/C26H39ClFN9O3/c1-34-15-17(27)12-31-24(34)21(23(29)33-40)25(38)32-20-14-30-13-19(28)22(20)36-8-2-16(3-9-36)26(39)37-11-10-35-6-4-18(37)5-7-35/h13-14,16-18,21,23-24,31H,2-12,15,29H2,1H3,(H,32,38). The number of nitrogens with two attached hydrogens (primary N) is 1. The SMILES string of the molecule is CN1CC(Cl)CNC1C(C(=O)Nc1cncc(F)c1N1CCC(C(=O)N2CCN3CCC2CC3)CC1)C(N)N=O. The van der Waals surface area contributed by atoms with E-state index in [1.807, 2.05) is 9.80 Å². The number of carbonyl (C=O) groups excluding carboxylic acids is 2. The summed E-state index contributed by atoms with van der Waals surface area (Å²) in [5, 5.41) is 8.69. The summed E-state index contributed by atoms with van der Waals surface area (Å²) in [6, 6.07) is 0.317. The molecule has 0 spiro atoms. The van der Waals surface area contributed by atoms with E-state index < -0.39 is 30.0 Å². The molecule has 5 aliphatic heterocycles. The number of hydrogen-bond acceptors (Lipinski definition) is 10. The summed E-state index contributed by atoms with van der Waals surface area (Å²) in [4.78, 5) is 50.5. The third kappa shape index (κ3) is 6.08. The highest BCUT2D eigenvalue weighted by Crippen LogP contribution is 2.34. The minimum atomic E-state index is -1.33. The number of nitrogens with zero attached hydrogens (tertiary/aromatic N) is 6. The first-order valence-electron chi connectivity index (χ1n) is 14.1. The maximum absolute atomic E-state index is 15.2. The van der Waals surface area contributed by atoms with Crippen molar-refractivity contribution < 1.29 is 14.0 Å². The second-order valence-corrected chi connectivity index (χ2v) is 12.0. The normalized spacial score (nSPS) is 29.5. The maximum Gasteiger partial charge on any atom is 0.234 e. The molecule has 2 amide bonds. The van der Waals surface area contributed by atoms with Crippen LogP contribution in [0.1, 0.15) is 25.7 Å². The van der Waals surface area contributed by atoms with E-state index in [0.29, 0.717) is 45.1 Å². The van der Waals surface area contributed by atoms with Crippen LogP contribution in [0.3, 0.4) is 0 Å². The molecule has 14 heteroatoms. The second kappa shape index (κ2) is 12.6. The van der Waals surface area contributed by atoms with Gasteiger partial charge < -0.3 is 25.8 Å². The molecule has 0 radical (unpaired) electrons. The Labute approximate surface area is 238 Å². The third-order valence-electron chi connectivity index (χ3n) is 8.87. The fourth-order valence-electron chi connectivity index (χ4n) is 6.67. The molecule has 1 aromatic heterocycles. The molecule has 6 heterocycles. The number of aromatic nitrogens is 1. The summed E-state index contributed by atoms with van der Waals surface area (Å²) in [5.74, 6) is -2.10. The largest absolute Gasteiger partial charge is 0.367 e. The van der Waals surface area contributed by atoms with Crippen molar-refractivity contribution in [1.29, 1.82) is 0 Å².